The number of fused-ring (bicyclic) bond motifs is 1. The van der Waals surface area contributed by atoms with Crippen molar-refractivity contribution in [3.8, 4) is 0 Å². The highest BCUT2D eigenvalue weighted by atomic mass is 35.5. The van der Waals surface area contributed by atoms with Gasteiger partial charge in [0.15, 0.2) is 5.58 Å². The minimum Gasteiger partial charge on any atom is -0.408 e. The molecule has 0 N–H and O–H groups in total. The third-order valence-corrected chi connectivity index (χ3v) is 3.37. The number of nitrogens with zero attached hydrogens (tertiary/aromatic N) is 2. The number of hydrogen-bond donors (Lipinski definition) is 0. The zero-order valence-corrected chi connectivity index (χ0v) is 11.4. The van der Waals surface area contributed by atoms with Gasteiger partial charge < -0.3 is 4.42 Å². The Kier molecular flexibility index (Phi) is 3.23. The predicted octanol–water partition coefficient (Wildman–Crippen LogP) is 3.20. The number of rotatable bonds is 3. The first-order chi connectivity index (χ1) is 10.0. The summed E-state index contributed by atoms with van der Waals surface area (Å²) in [5.74, 6) is -0.555. The largest absolute Gasteiger partial charge is 0.420 e. The summed E-state index contributed by atoms with van der Waals surface area (Å²) in [5, 5.41) is 11.4. The van der Waals surface area contributed by atoms with E-state index in [-0.39, 0.29) is 12.2 Å². The normalized spacial score (nSPS) is 10.9. The second-order valence-corrected chi connectivity index (χ2v) is 4.93. The van der Waals surface area contributed by atoms with Gasteiger partial charge in [-0.15, -0.1) is 0 Å². The van der Waals surface area contributed by atoms with Crippen molar-refractivity contribution in [2.75, 3.05) is 0 Å². The van der Waals surface area contributed by atoms with Crippen LogP contribution in [0.15, 0.2) is 51.7 Å². The maximum absolute atomic E-state index is 11.9. The van der Waals surface area contributed by atoms with Gasteiger partial charge in [0.1, 0.15) is 0 Å². The lowest BCUT2D eigenvalue weighted by atomic mass is 10.2. The molecule has 3 rings (SSSR count). The van der Waals surface area contributed by atoms with Gasteiger partial charge in [0.2, 0.25) is 0 Å². The summed E-state index contributed by atoms with van der Waals surface area (Å²) in [4.78, 5) is 22.2. The first-order valence-corrected chi connectivity index (χ1v) is 6.44. The number of aromatic nitrogens is 1. The summed E-state index contributed by atoms with van der Waals surface area (Å²) in [5.41, 5.74) is 1.47. The standard InChI is InChI=1S/C14H9ClN2O4/c15-10-3-1-9(2-4-10)8-16-12-7-11(17(19)20)5-6-13(12)21-14(16)18/h1-7H,8H2. The van der Waals surface area contributed by atoms with Gasteiger partial charge in [0, 0.05) is 17.2 Å². The molecule has 21 heavy (non-hydrogen) atoms. The topological polar surface area (TPSA) is 78.3 Å². The Morgan fingerprint density at radius 2 is 1.90 bits per heavy atom. The first kappa shape index (κ1) is 13.4. The number of halogens is 1. The van der Waals surface area contributed by atoms with Crippen molar-refractivity contribution in [1.29, 1.82) is 0 Å². The highest BCUT2D eigenvalue weighted by molar-refractivity contribution is 6.30. The number of oxazole rings is 1. The molecule has 7 heteroatoms. The molecule has 0 fully saturated rings. The van der Waals surface area contributed by atoms with Crippen LogP contribution >= 0.6 is 11.6 Å². The van der Waals surface area contributed by atoms with E-state index in [1.54, 1.807) is 24.3 Å². The van der Waals surface area contributed by atoms with Gasteiger partial charge in [-0.3, -0.25) is 14.7 Å². The Bertz CT molecular complexity index is 880. The van der Waals surface area contributed by atoms with Crippen LogP contribution in [0.4, 0.5) is 5.69 Å². The fraction of sp³-hybridized carbons (Fsp3) is 0.0714. The van der Waals surface area contributed by atoms with Gasteiger partial charge in [-0.2, -0.15) is 0 Å². The molecule has 0 radical (unpaired) electrons. The second kappa shape index (κ2) is 5.06. The van der Waals surface area contributed by atoms with E-state index in [1.165, 1.54) is 22.8 Å². The average molecular weight is 305 g/mol. The molecule has 0 bridgehead atoms. The minimum atomic E-state index is -0.555. The van der Waals surface area contributed by atoms with E-state index >= 15 is 0 Å². The maximum Gasteiger partial charge on any atom is 0.420 e. The molecular formula is C14H9ClN2O4. The summed E-state index contributed by atoms with van der Waals surface area (Å²) < 4.78 is 6.44. The molecule has 0 spiro atoms. The summed E-state index contributed by atoms with van der Waals surface area (Å²) in [7, 11) is 0. The van der Waals surface area contributed by atoms with Crippen LogP contribution < -0.4 is 5.76 Å². The summed E-state index contributed by atoms with van der Waals surface area (Å²) in [6.45, 7) is 0.254. The van der Waals surface area contributed by atoms with Crippen LogP contribution in [-0.4, -0.2) is 9.49 Å². The lowest BCUT2D eigenvalue weighted by Gasteiger charge is -2.02. The smallest absolute Gasteiger partial charge is 0.408 e. The molecule has 2 aromatic carbocycles. The lowest BCUT2D eigenvalue weighted by Crippen LogP contribution is -2.14. The van der Waals surface area contributed by atoms with Crippen molar-refractivity contribution < 1.29 is 9.34 Å². The fourth-order valence-corrected chi connectivity index (χ4v) is 2.21. The quantitative estimate of drug-likeness (QED) is 0.550. The van der Waals surface area contributed by atoms with Gasteiger partial charge >= 0.3 is 5.76 Å². The number of nitro groups is 1. The van der Waals surface area contributed by atoms with E-state index in [9.17, 15) is 14.9 Å². The van der Waals surface area contributed by atoms with Gasteiger partial charge in [-0.25, -0.2) is 4.79 Å². The van der Waals surface area contributed by atoms with Crippen LogP contribution in [0.2, 0.25) is 5.02 Å². The number of nitro benzene ring substituents is 1. The van der Waals surface area contributed by atoms with Crippen LogP contribution in [0.5, 0.6) is 0 Å². The molecule has 0 aliphatic carbocycles. The van der Waals surface area contributed by atoms with Crippen molar-refractivity contribution in [2.45, 2.75) is 6.54 Å². The molecule has 6 nitrogen and oxygen atoms in total. The summed E-state index contributed by atoms with van der Waals surface area (Å²) in [6, 6.07) is 11.1. The van der Waals surface area contributed by atoms with Gasteiger partial charge in [0.05, 0.1) is 17.0 Å². The minimum absolute atomic E-state index is 0.0897. The van der Waals surface area contributed by atoms with E-state index in [2.05, 4.69) is 0 Å². The molecule has 0 atom stereocenters. The van der Waals surface area contributed by atoms with E-state index in [4.69, 9.17) is 16.0 Å². The van der Waals surface area contributed by atoms with E-state index in [1.807, 2.05) is 0 Å². The molecule has 0 aliphatic heterocycles. The predicted molar refractivity (Wildman–Crippen MR) is 77.7 cm³/mol. The molecule has 0 amide bonds. The summed E-state index contributed by atoms with van der Waals surface area (Å²) in [6.07, 6.45) is 0. The molecule has 106 valence electrons. The third kappa shape index (κ3) is 2.53. The number of non-ortho nitro benzene ring substituents is 1. The maximum atomic E-state index is 11.9. The number of hydrogen-bond acceptors (Lipinski definition) is 4. The second-order valence-electron chi connectivity index (χ2n) is 4.49. The van der Waals surface area contributed by atoms with Crippen molar-refractivity contribution in [3.05, 3.63) is 73.7 Å². The van der Waals surface area contributed by atoms with Crippen LogP contribution in [0.1, 0.15) is 5.56 Å². The van der Waals surface area contributed by atoms with Crippen LogP contribution in [0.3, 0.4) is 0 Å². The average Bonchev–Trinajstić information content (AvgIpc) is 2.77. The molecule has 0 saturated carbocycles. The zero-order valence-electron chi connectivity index (χ0n) is 10.7. The molecule has 1 heterocycles. The Morgan fingerprint density at radius 3 is 2.57 bits per heavy atom. The van der Waals surface area contributed by atoms with Crippen LogP contribution in [0.25, 0.3) is 11.1 Å². The monoisotopic (exact) mass is 304 g/mol. The van der Waals surface area contributed by atoms with Gasteiger partial charge in [-0.05, 0) is 23.8 Å². The molecular weight excluding hydrogens is 296 g/mol. The molecule has 1 aromatic heterocycles. The molecule has 0 aliphatic rings. The van der Waals surface area contributed by atoms with Crippen LogP contribution in [-0.2, 0) is 6.54 Å². The Balaban J connectivity index is 2.10. The van der Waals surface area contributed by atoms with Crippen molar-refractivity contribution in [1.82, 2.24) is 4.57 Å². The number of benzene rings is 2. The Morgan fingerprint density at radius 1 is 1.19 bits per heavy atom. The van der Waals surface area contributed by atoms with Crippen molar-refractivity contribution >= 4 is 28.4 Å². The molecule has 3 aromatic rings. The Labute approximate surface area is 123 Å². The van der Waals surface area contributed by atoms with Crippen molar-refractivity contribution in [2.24, 2.45) is 0 Å². The van der Waals surface area contributed by atoms with E-state index in [0.717, 1.165) is 5.56 Å². The van der Waals surface area contributed by atoms with E-state index < -0.39 is 10.7 Å². The summed E-state index contributed by atoms with van der Waals surface area (Å²) >= 11 is 5.81. The van der Waals surface area contributed by atoms with Crippen molar-refractivity contribution in [3.63, 3.8) is 0 Å². The SMILES string of the molecule is O=c1oc2ccc([N+](=O)[O-])cc2n1Cc1ccc(Cl)cc1. The molecule has 0 saturated heterocycles. The molecule has 0 unspecified atom stereocenters. The lowest BCUT2D eigenvalue weighted by molar-refractivity contribution is -0.384. The van der Waals surface area contributed by atoms with E-state index in [0.29, 0.717) is 16.1 Å². The first-order valence-electron chi connectivity index (χ1n) is 6.07. The fourth-order valence-electron chi connectivity index (χ4n) is 2.09. The Hall–Kier alpha value is -2.60. The zero-order chi connectivity index (χ0) is 15.0. The third-order valence-electron chi connectivity index (χ3n) is 3.12. The van der Waals surface area contributed by atoms with Gasteiger partial charge in [0.25, 0.3) is 5.69 Å². The van der Waals surface area contributed by atoms with Gasteiger partial charge in [-0.1, -0.05) is 23.7 Å². The van der Waals surface area contributed by atoms with Crippen LogP contribution in [0, 0.1) is 10.1 Å². The highest BCUT2D eigenvalue weighted by Gasteiger charge is 2.14. The highest BCUT2D eigenvalue weighted by Crippen LogP contribution is 2.21.